The van der Waals surface area contributed by atoms with Gasteiger partial charge in [-0.05, 0) is 41.5 Å². The zero-order valence-electron chi connectivity index (χ0n) is 15.1. The van der Waals surface area contributed by atoms with Crippen molar-refractivity contribution in [3.05, 3.63) is 101 Å². The summed E-state index contributed by atoms with van der Waals surface area (Å²) in [5.41, 5.74) is 2.36. The summed E-state index contributed by atoms with van der Waals surface area (Å²) in [5.74, 6) is -0.896. The number of carbonyl (C=O) groups excluding carboxylic acids is 2. The van der Waals surface area contributed by atoms with E-state index in [0.29, 0.717) is 12.2 Å². The Hall–Kier alpha value is -3.47. The number of ketones is 1. The molecule has 4 nitrogen and oxygen atoms in total. The van der Waals surface area contributed by atoms with Crippen molar-refractivity contribution in [1.82, 2.24) is 0 Å². The fourth-order valence-electron chi connectivity index (χ4n) is 2.65. The van der Waals surface area contributed by atoms with Crippen molar-refractivity contribution in [2.75, 3.05) is 13.2 Å². The van der Waals surface area contributed by atoms with Crippen LogP contribution in [-0.4, -0.2) is 25.0 Å². The van der Waals surface area contributed by atoms with E-state index in [1.54, 1.807) is 6.07 Å². The van der Waals surface area contributed by atoms with Crippen LogP contribution in [0.4, 0.5) is 4.39 Å². The van der Waals surface area contributed by atoms with Crippen LogP contribution in [0.5, 0.6) is 5.75 Å². The summed E-state index contributed by atoms with van der Waals surface area (Å²) in [6, 6.07) is 22.4. The Balaban J connectivity index is 1.52. The predicted molar refractivity (Wildman–Crippen MR) is 103 cm³/mol. The molecule has 0 saturated carbocycles. The maximum Gasteiger partial charge on any atom is 0.344 e. The van der Waals surface area contributed by atoms with Gasteiger partial charge in [-0.15, -0.1) is 0 Å². The highest BCUT2D eigenvalue weighted by atomic mass is 19.1. The average Bonchev–Trinajstić information content (AvgIpc) is 2.72. The molecular weight excluding hydrogens is 359 g/mol. The molecule has 0 bridgehead atoms. The molecule has 5 heteroatoms. The molecule has 0 aliphatic carbocycles. The number of rotatable bonds is 8. The highest BCUT2D eigenvalue weighted by Gasteiger charge is 2.12. The Morgan fingerprint density at radius 3 is 2.21 bits per heavy atom. The fourth-order valence-corrected chi connectivity index (χ4v) is 2.65. The zero-order chi connectivity index (χ0) is 19.8. The molecule has 3 rings (SSSR count). The van der Waals surface area contributed by atoms with Gasteiger partial charge in [0.25, 0.3) is 0 Å². The minimum absolute atomic E-state index is 0.281. The summed E-state index contributed by atoms with van der Waals surface area (Å²) in [6.45, 7) is -0.720. The Morgan fingerprint density at radius 2 is 1.46 bits per heavy atom. The van der Waals surface area contributed by atoms with E-state index in [9.17, 15) is 14.0 Å². The van der Waals surface area contributed by atoms with Crippen LogP contribution < -0.4 is 4.74 Å². The van der Waals surface area contributed by atoms with Gasteiger partial charge in [0, 0.05) is 12.0 Å². The largest absolute Gasteiger partial charge is 0.482 e. The monoisotopic (exact) mass is 378 g/mol. The van der Waals surface area contributed by atoms with Crippen molar-refractivity contribution in [3.63, 3.8) is 0 Å². The van der Waals surface area contributed by atoms with Crippen LogP contribution in [0.15, 0.2) is 78.9 Å². The molecule has 0 amide bonds. The molecule has 0 heterocycles. The Morgan fingerprint density at radius 1 is 0.786 bits per heavy atom. The van der Waals surface area contributed by atoms with E-state index >= 15 is 0 Å². The first-order valence-electron chi connectivity index (χ1n) is 8.81. The number of hydrogen-bond acceptors (Lipinski definition) is 4. The van der Waals surface area contributed by atoms with Gasteiger partial charge in [-0.3, -0.25) is 4.79 Å². The second kappa shape index (κ2) is 9.46. The van der Waals surface area contributed by atoms with Crippen molar-refractivity contribution >= 4 is 11.8 Å². The topological polar surface area (TPSA) is 52.6 Å². The number of carbonyl (C=O) groups is 2. The van der Waals surface area contributed by atoms with Crippen LogP contribution in [-0.2, 0) is 16.0 Å². The number of para-hydroxylation sites is 1. The van der Waals surface area contributed by atoms with Crippen molar-refractivity contribution in [3.8, 4) is 5.75 Å². The van der Waals surface area contributed by atoms with Crippen LogP contribution >= 0.6 is 0 Å². The summed E-state index contributed by atoms with van der Waals surface area (Å²) in [6.07, 6.45) is 0.676. The number of hydrogen-bond donors (Lipinski definition) is 0. The maximum atomic E-state index is 12.9. The zero-order valence-corrected chi connectivity index (χ0v) is 15.1. The lowest BCUT2D eigenvalue weighted by Crippen LogP contribution is -2.19. The highest BCUT2D eigenvalue weighted by Crippen LogP contribution is 2.21. The van der Waals surface area contributed by atoms with Gasteiger partial charge >= 0.3 is 5.97 Å². The third-order valence-corrected chi connectivity index (χ3v) is 4.09. The molecule has 0 aliphatic rings. The molecule has 142 valence electrons. The normalized spacial score (nSPS) is 10.3. The smallest absolute Gasteiger partial charge is 0.344 e. The first-order valence-corrected chi connectivity index (χ1v) is 8.81. The molecule has 0 aliphatic heterocycles. The molecule has 3 aromatic carbocycles. The SMILES string of the molecule is O=C(COc1ccccc1Cc1ccccc1)OCC(=O)c1ccc(F)cc1. The van der Waals surface area contributed by atoms with E-state index in [2.05, 4.69) is 0 Å². The predicted octanol–water partition coefficient (Wildman–Crippen LogP) is 4.22. The van der Waals surface area contributed by atoms with Gasteiger partial charge in [0.05, 0.1) is 0 Å². The second-order valence-electron chi connectivity index (χ2n) is 6.15. The molecule has 0 N–H and O–H groups in total. The minimum Gasteiger partial charge on any atom is -0.482 e. The van der Waals surface area contributed by atoms with Crippen molar-refractivity contribution in [2.45, 2.75) is 6.42 Å². The van der Waals surface area contributed by atoms with Crippen LogP contribution in [0.1, 0.15) is 21.5 Å². The average molecular weight is 378 g/mol. The van der Waals surface area contributed by atoms with Crippen LogP contribution in [0.2, 0.25) is 0 Å². The van der Waals surface area contributed by atoms with Gasteiger partial charge < -0.3 is 9.47 Å². The van der Waals surface area contributed by atoms with Crippen LogP contribution in [0, 0.1) is 5.82 Å². The Labute approximate surface area is 162 Å². The molecule has 3 aromatic rings. The number of benzene rings is 3. The molecule has 0 fully saturated rings. The number of ether oxygens (including phenoxy) is 2. The first kappa shape index (κ1) is 19.3. The molecule has 0 atom stereocenters. The van der Waals surface area contributed by atoms with Gasteiger partial charge in [0.1, 0.15) is 11.6 Å². The third-order valence-electron chi connectivity index (χ3n) is 4.09. The number of Topliss-reactive ketones (excluding diaryl/α,β-unsaturated/α-hetero) is 1. The summed E-state index contributed by atoms with van der Waals surface area (Å²) in [4.78, 5) is 23.9. The van der Waals surface area contributed by atoms with Gasteiger partial charge in [0.2, 0.25) is 0 Å². The van der Waals surface area contributed by atoms with Crippen LogP contribution in [0.3, 0.4) is 0 Å². The maximum absolute atomic E-state index is 12.9. The lowest BCUT2D eigenvalue weighted by molar-refractivity contribution is -0.144. The Kier molecular flexibility index (Phi) is 6.52. The van der Waals surface area contributed by atoms with Gasteiger partial charge in [0.15, 0.2) is 19.0 Å². The second-order valence-corrected chi connectivity index (χ2v) is 6.15. The molecular formula is C23H19FO4. The number of halogens is 1. The minimum atomic E-state index is -0.648. The van der Waals surface area contributed by atoms with E-state index in [0.717, 1.165) is 11.1 Å². The molecule has 0 unspecified atom stereocenters. The molecule has 0 spiro atoms. The van der Waals surface area contributed by atoms with E-state index < -0.39 is 24.2 Å². The molecule has 28 heavy (non-hydrogen) atoms. The lowest BCUT2D eigenvalue weighted by Gasteiger charge is -2.11. The molecule has 0 aromatic heterocycles. The third kappa shape index (κ3) is 5.51. The van der Waals surface area contributed by atoms with E-state index in [4.69, 9.17) is 9.47 Å². The van der Waals surface area contributed by atoms with Crippen molar-refractivity contribution in [2.24, 2.45) is 0 Å². The van der Waals surface area contributed by atoms with Crippen LogP contribution in [0.25, 0.3) is 0 Å². The lowest BCUT2D eigenvalue weighted by atomic mass is 10.0. The van der Waals surface area contributed by atoms with Crippen molar-refractivity contribution in [1.29, 1.82) is 0 Å². The quantitative estimate of drug-likeness (QED) is 0.435. The Bertz CT molecular complexity index is 936. The standard InChI is InChI=1S/C23H19FO4/c24-20-12-10-18(11-13-20)21(25)15-28-23(26)16-27-22-9-5-4-8-19(22)14-17-6-2-1-3-7-17/h1-13H,14-16H2. The number of esters is 1. The van der Waals surface area contributed by atoms with E-state index in [1.165, 1.54) is 24.3 Å². The van der Waals surface area contributed by atoms with Gasteiger partial charge in [-0.2, -0.15) is 0 Å². The summed E-state index contributed by atoms with van der Waals surface area (Å²) in [5, 5.41) is 0. The highest BCUT2D eigenvalue weighted by molar-refractivity contribution is 5.97. The van der Waals surface area contributed by atoms with E-state index in [-0.39, 0.29) is 12.2 Å². The first-order chi connectivity index (χ1) is 13.6. The molecule has 0 saturated heterocycles. The van der Waals surface area contributed by atoms with Gasteiger partial charge in [-0.25, -0.2) is 9.18 Å². The van der Waals surface area contributed by atoms with Gasteiger partial charge in [-0.1, -0.05) is 48.5 Å². The summed E-state index contributed by atoms with van der Waals surface area (Å²) < 4.78 is 23.4. The summed E-state index contributed by atoms with van der Waals surface area (Å²) in [7, 11) is 0. The fraction of sp³-hybridized carbons (Fsp3) is 0.130. The summed E-state index contributed by atoms with van der Waals surface area (Å²) >= 11 is 0. The molecule has 0 radical (unpaired) electrons. The van der Waals surface area contributed by atoms with E-state index in [1.807, 2.05) is 48.5 Å². The van der Waals surface area contributed by atoms with Crippen molar-refractivity contribution < 1.29 is 23.5 Å².